The Bertz CT molecular complexity index is 580. The summed E-state index contributed by atoms with van der Waals surface area (Å²) in [5.41, 5.74) is 6.70. The molecular weight excluding hydrogens is 260 g/mol. The zero-order chi connectivity index (χ0) is 13.8. The average molecular weight is 276 g/mol. The second-order valence-corrected chi connectivity index (χ2v) is 5.55. The number of para-hydroxylation sites is 1. The van der Waals surface area contributed by atoms with Crippen molar-refractivity contribution >= 4 is 22.9 Å². The van der Waals surface area contributed by atoms with Gasteiger partial charge >= 0.3 is 0 Å². The summed E-state index contributed by atoms with van der Waals surface area (Å²) in [7, 11) is 0. The molecular formula is C13H16N4OS. The van der Waals surface area contributed by atoms with Crippen molar-refractivity contribution in [2.24, 2.45) is 0 Å². The summed E-state index contributed by atoms with van der Waals surface area (Å²) < 4.78 is 0. The molecule has 0 unspecified atom stereocenters. The molecule has 0 bridgehead atoms. The van der Waals surface area contributed by atoms with Gasteiger partial charge in [0.25, 0.3) is 5.91 Å². The molecule has 0 atom stereocenters. The Balaban J connectivity index is 1.98. The number of aromatic nitrogens is 2. The smallest absolute Gasteiger partial charge is 0.253 e. The summed E-state index contributed by atoms with van der Waals surface area (Å²) in [4.78, 5) is 11.9. The van der Waals surface area contributed by atoms with E-state index in [4.69, 9.17) is 5.73 Å². The minimum absolute atomic E-state index is 0.195. The Hall–Kier alpha value is -1.95. The molecule has 0 spiro atoms. The van der Waals surface area contributed by atoms with Gasteiger partial charge in [0, 0.05) is 11.6 Å². The number of nitrogen functional groups attached to an aromatic ring is 1. The molecule has 0 aliphatic carbocycles. The van der Waals surface area contributed by atoms with E-state index in [1.54, 1.807) is 24.3 Å². The highest BCUT2D eigenvalue weighted by atomic mass is 32.1. The lowest BCUT2D eigenvalue weighted by molar-refractivity contribution is 0.0951. The number of amides is 1. The molecule has 1 aromatic carbocycles. The molecule has 5 nitrogen and oxygen atoms in total. The Kier molecular flexibility index (Phi) is 4.11. The third kappa shape index (κ3) is 3.29. The quantitative estimate of drug-likeness (QED) is 0.839. The molecule has 1 aromatic heterocycles. The molecule has 0 saturated heterocycles. The summed E-state index contributed by atoms with van der Waals surface area (Å²) in [5, 5.41) is 12.7. The average Bonchev–Trinajstić information content (AvgIpc) is 2.85. The van der Waals surface area contributed by atoms with Crippen molar-refractivity contribution in [1.82, 2.24) is 15.5 Å². The van der Waals surface area contributed by atoms with E-state index in [9.17, 15) is 4.79 Å². The maximum absolute atomic E-state index is 11.9. The van der Waals surface area contributed by atoms with Gasteiger partial charge in [0.15, 0.2) is 0 Å². The Morgan fingerprint density at radius 3 is 2.74 bits per heavy atom. The van der Waals surface area contributed by atoms with E-state index in [0.717, 1.165) is 10.0 Å². The molecule has 1 heterocycles. The zero-order valence-electron chi connectivity index (χ0n) is 10.9. The predicted molar refractivity (Wildman–Crippen MR) is 76.0 cm³/mol. The third-order valence-corrected chi connectivity index (χ3v) is 3.81. The van der Waals surface area contributed by atoms with E-state index in [2.05, 4.69) is 29.4 Å². The van der Waals surface area contributed by atoms with Gasteiger partial charge in [-0.05, 0) is 12.1 Å². The standard InChI is InChI=1S/C13H16N4OS/c1-8(2)13-17-16-11(19-13)7-15-12(18)9-5-3-4-6-10(9)14/h3-6,8H,7,14H2,1-2H3,(H,15,18). The van der Waals surface area contributed by atoms with Crippen LogP contribution >= 0.6 is 11.3 Å². The molecule has 0 aliphatic heterocycles. The number of nitrogens with one attached hydrogen (secondary N) is 1. The lowest BCUT2D eigenvalue weighted by atomic mass is 10.2. The van der Waals surface area contributed by atoms with Crippen molar-refractivity contribution in [2.45, 2.75) is 26.3 Å². The summed E-state index contributed by atoms with van der Waals surface area (Å²) in [5.74, 6) is 0.158. The molecule has 0 fully saturated rings. The largest absolute Gasteiger partial charge is 0.398 e. The van der Waals surface area contributed by atoms with Crippen LogP contribution in [0.5, 0.6) is 0 Å². The van der Waals surface area contributed by atoms with Crippen LogP contribution in [0, 0.1) is 0 Å². The van der Waals surface area contributed by atoms with E-state index < -0.39 is 0 Å². The normalized spacial score (nSPS) is 10.7. The van der Waals surface area contributed by atoms with Crippen molar-refractivity contribution in [3.05, 3.63) is 39.8 Å². The Labute approximate surface area is 115 Å². The number of rotatable bonds is 4. The van der Waals surface area contributed by atoms with Crippen molar-refractivity contribution in [3.63, 3.8) is 0 Å². The second-order valence-electron chi connectivity index (χ2n) is 4.46. The predicted octanol–water partition coefficient (Wildman–Crippen LogP) is 2.17. The lowest BCUT2D eigenvalue weighted by Gasteiger charge is -2.05. The molecule has 100 valence electrons. The van der Waals surface area contributed by atoms with Crippen molar-refractivity contribution in [2.75, 3.05) is 5.73 Å². The molecule has 1 amide bonds. The minimum atomic E-state index is -0.195. The number of benzene rings is 1. The van der Waals surface area contributed by atoms with E-state index >= 15 is 0 Å². The van der Waals surface area contributed by atoms with Gasteiger partial charge in [-0.25, -0.2) is 0 Å². The van der Waals surface area contributed by atoms with Crippen LogP contribution in [0.25, 0.3) is 0 Å². The zero-order valence-corrected chi connectivity index (χ0v) is 11.7. The molecule has 6 heteroatoms. The van der Waals surface area contributed by atoms with Gasteiger partial charge < -0.3 is 11.1 Å². The van der Waals surface area contributed by atoms with E-state index in [0.29, 0.717) is 23.7 Å². The molecule has 0 radical (unpaired) electrons. The third-order valence-electron chi connectivity index (χ3n) is 2.58. The molecule has 0 aliphatic rings. The molecule has 2 aromatic rings. The Morgan fingerprint density at radius 2 is 2.11 bits per heavy atom. The van der Waals surface area contributed by atoms with Gasteiger partial charge in [0.05, 0.1) is 12.1 Å². The minimum Gasteiger partial charge on any atom is -0.398 e. The van der Waals surface area contributed by atoms with Crippen LogP contribution in [0.4, 0.5) is 5.69 Å². The maximum Gasteiger partial charge on any atom is 0.253 e. The Morgan fingerprint density at radius 1 is 1.37 bits per heavy atom. The van der Waals surface area contributed by atoms with Crippen LogP contribution in [0.15, 0.2) is 24.3 Å². The number of carbonyl (C=O) groups is 1. The number of nitrogens with zero attached hydrogens (tertiary/aromatic N) is 2. The van der Waals surface area contributed by atoms with Crippen LogP contribution in [0.2, 0.25) is 0 Å². The first-order chi connectivity index (χ1) is 9.08. The summed E-state index contributed by atoms with van der Waals surface area (Å²) in [6.07, 6.45) is 0. The highest BCUT2D eigenvalue weighted by molar-refractivity contribution is 7.11. The number of hydrogen-bond acceptors (Lipinski definition) is 5. The summed E-state index contributed by atoms with van der Waals surface area (Å²) in [6.45, 7) is 4.50. The van der Waals surface area contributed by atoms with Crippen LogP contribution in [-0.4, -0.2) is 16.1 Å². The first-order valence-electron chi connectivity index (χ1n) is 6.03. The number of nitrogens with two attached hydrogens (primary N) is 1. The van der Waals surface area contributed by atoms with Crippen LogP contribution < -0.4 is 11.1 Å². The number of carbonyl (C=O) groups excluding carboxylic acids is 1. The van der Waals surface area contributed by atoms with E-state index in [1.807, 2.05) is 0 Å². The number of anilines is 1. The van der Waals surface area contributed by atoms with Gasteiger partial charge in [0.2, 0.25) is 0 Å². The van der Waals surface area contributed by atoms with Gasteiger partial charge in [-0.3, -0.25) is 4.79 Å². The van der Waals surface area contributed by atoms with Gasteiger partial charge in [-0.2, -0.15) is 0 Å². The maximum atomic E-state index is 11.9. The second kappa shape index (κ2) is 5.79. The lowest BCUT2D eigenvalue weighted by Crippen LogP contribution is -2.23. The topological polar surface area (TPSA) is 80.9 Å². The molecule has 0 saturated carbocycles. The number of hydrogen-bond donors (Lipinski definition) is 2. The van der Waals surface area contributed by atoms with Crippen molar-refractivity contribution in [1.29, 1.82) is 0 Å². The van der Waals surface area contributed by atoms with Crippen LogP contribution in [-0.2, 0) is 6.54 Å². The molecule has 3 N–H and O–H groups in total. The monoisotopic (exact) mass is 276 g/mol. The van der Waals surface area contributed by atoms with Gasteiger partial charge in [-0.1, -0.05) is 37.3 Å². The van der Waals surface area contributed by atoms with Crippen molar-refractivity contribution in [3.8, 4) is 0 Å². The van der Waals surface area contributed by atoms with E-state index in [-0.39, 0.29) is 5.91 Å². The van der Waals surface area contributed by atoms with E-state index in [1.165, 1.54) is 11.3 Å². The molecule has 19 heavy (non-hydrogen) atoms. The SMILES string of the molecule is CC(C)c1nnc(CNC(=O)c2ccccc2N)s1. The van der Waals surface area contributed by atoms with Gasteiger partial charge in [0.1, 0.15) is 10.0 Å². The fourth-order valence-electron chi connectivity index (χ4n) is 1.53. The first kappa shape index (κ1) is 13.5. The fourth-order valence-corrected chi connectivity index (χ4v) is 2.31. The van der Waals surface area contributed by atoms with Crippen molar-refractivity contribution < 1.29 is 4.79 Å². The van der Waals surface area contributed by atoms with Crippen LogP contribution in [0.3, 0.4) is 0 Å². The highest BCUT2D eigenvalue weighted by Crippen LogP contribution is 2.19. The van der Waals surface area contributed by atoms with Gasteiger partial charge in [-0.15, -0.1) is 10.2 Å². The summed E-state index contributed by atoms with van der Waals surface area (Å²) in [6, 6.07) is 6.99. The molecule has 2 rings (SSSR count). The fraction of sp³-hybridized carbons (Fsp3) is 0.308. The van der Waals surface area contributed by atoms with Crippen LogP contribution in [0.1, 0.15) is 40.1 Å². The summed E-state index contributed by atoms with van der Waals surface area (Å²) >= 11 is 1.51. The highest BCUT2D eigenvalue weighted by Gasteiger charge is 2.11. The first-order valence-corrected chi connectivity index (χ1v) is 6.84.